The molecule has 208 valence electrons. The van der Waals surface area contributed by atoms with Gasteiger partial charge in [-0.2, -0.15) is 0 Å². The molecule has 41 heavy (non-hydrogen) atoms. The Morgan fingerprint density at radius 3 is 0.829 bits per heavy atom. The van der Waals surface area contributed by atoms with Gasteiger partial charge in [0.05, 0.1) is 11.4 Å². The van der Waals surface area contributed by atoms with Crippen LogP contribution < -0.4 is 9.80 Å². The van der Waals surface area contributed by atoms with Gasteiger partial charge in [-0.15, -0.1) is 0 Å². The van der Waals surface area contributed by atoms with Gasteiger partial charge in [0, 0.05) is 22.7 Å². The molecule has 0 spiro atoms. The predicted molar refractivity (Wildman–Crippen MR) is 178 cm³/mol. The zero-order chi connectivity index (χ0) is 29.4. The highest BCUT2D eigenvalue weighted by molar-refractivity contribution is 5.89. The number of nitrogens with zero attached hydrogens (tertiary/aromatic N) is 2. The van der Waals surface area contributed by atoms with Crippen LogP contribution in [0.5, 0.6) is 0 Å². The average molecular weight is 539 g/mol. The largest absolute Gasteiger partial charge is 0.310 e. The standard InChI is InChI=1S/C39H42N2/c1-25-13-17-34(29(5)21-25)40(35-18-14-26(2)22-30(35)6)38-11-10-12-39(33(38)9)41(36-19-15-27(3)23-31(36)7)37-20-16-28(4)24-32(37)8/h10-24H,1-9H3. The van der Waals surface area contributed by atoms with Crippen molar-refractivity contribution in [2.75, 3.05) is 9.80 Å². The fourth-order valence-corrected chi connectivity index (χ4v) is 6.10. The van der Waals surface area contributed by atoms with Crippen molar-refractivity contribution in [1.29, 1.82) is 0 Å². The van der Waals surface area contributed by atoms with Gasteiger partial charge in [0.15, 0.2) is 0 Å². The van der Waals surface area contributed by atoms with E-state index in [0.717, 1.165) is 0 Å². The molecule has 0 saturated carbocycles. The summed E-state index contributed by atoms with van der Waals surface area (Å²) in [5.74, 6) is 0. The molecule has 5 aromatic rings. The minimum atomic E-state index is 1.18. The molecule has 5 rings (SSSR count). The van der Waals surface area contributed by atoms with Gasteiger partial charge in [0.2, 0.25) is 0 Å². The van der Waals surface area contributed by atoms with Gasteiger partial charge in [-0.25, -0.2) is 0 Å². The van der Waals surface area contributed by atoms with Gasteiger partial charge in [-0.3, -0.25) is 0 Å². The lowest BCUT2D eigenvalue weighted by Crippen LogP contribution is -2.18. The number of hydrogen-bond donors (Lipinski definition) is 0. The van der Waals surface area contributed by atoms with Crippen molar-refractivity contribution in [2.24, 2.45) is 0 Å². The normalized spacial score (nSPS) is 11.0. The van der Waals surface area contributed by atoms with Gasteiger partial charge >= 0.3 is 0 Å². The summed E-state index contributed by atoms with van der Waals surface area (Å²) in [5, 5.41) is 0. The highest BCUT2D eigenvalue weighted by Crippen LogP contribution is 2.46. The molecule has 0 saturated heterocycles. The minimum absolute atomic E-state index is 1.18. The molecular weight excluding hydrogens is 496 g/mol. The van der Waals surface area contributed by atoms with Crippen LogP contribution in [0.15, 0.2) is 91.0 Å². The third-order valence-corrected chi connectivity index (χ3v) is 8.13. The molecule has 0 aromatic heterocycles. The van der Waals surface area contributed by atoms with Crippen LogP contribution in [0, 0.1) is 62.3 Å². The Morgan fingerprint density at radius 2 is 0.585 bits per heavy atom. The van der Waals surface area contributed by atoms with E-state index in [9.17, 15) is 0 Å². The monoisotopic (exact) mass is 538 g/mol. The van der Waals surface area contributed by atoms with E-state index < -0.39 is 0 Å². The molecule has 0 fully saturated rings. The second-order valence-corrected chi connectivity index (χ2v) is 11.8. The highest BCUT2D eigenvalue weighted by atomic mass is 15.2. The van der Waals surface area contributed by atoms with Crippen LogP contribution in [0.1, 0.15) is 50.1 Å². The number of anilines is 6. The van der Waals surface area contributed by atoms with Crippen molar-refractivity contribution in [1.82, 2.24) is 0 Å². The van der Waals surface area contributed by atoms with Crippen molar-refractivity contribution >= 4 is 34.1 Å². The Labute approximate surface area is 246 Å². The molecule has 5 aromatic carbocycles. The molecule has 0 aliphatic rings. The molecule has 0 unspecified atom stereocenters. The molecule has 0 atom stereocenters. The maximum atomic E-state index is 2.45. The first-order valence-corrected chi connectivity index (χ1v) is 14.5. The quantitative estimate of drug-likeness (QED) is 0.212. The van der Waals surface area contributed by atoms with Crippen molar-refractivity contribution < 1.29 is 0 Å². The van der Waals surface area contributed by atoms with Gasteiger partial charge in [0.1, 0.15) is 0 Å². The van der Waals surface area contributed by atoms with Gasteiger partial charge in [0.25, 0.3) is 0 Å². The van der Waals surface area contributed by atoms with E-state index in [1.807, 2.05) is 0 Å². The van der Waals surface area contributed by atoms with Gasteiger partial charge < -0.3 is 9.80 Å². The van der Waals surface area contributed by atoms with E-state index in [0.29, 0.717) is 0 Å². The molecule has 0 N–H and O–H groups in total. The maximum Gasteiger partial charge on any atom is 0.0511 e. The second kappa shape index (κ2) is 11.3. The number of benzene rings is 5. The summed E-state index contributed by atoms with van der Waals surface area (Å²) in [5.41, 5.74) is 18.5. The first-order valence-electron chi connectivity index (χ1n) is 14.5. The fraction of sp³-hybridized carbons (Fsp3) is 0.231. The summed E-state index contributed by atoms with van der Waals surface area (Å²) in [6.07, 6.45) is 0. The van der Waals surface area contributed by atoms with Crippen LogP contribution in [0.25, 0.3) is 0 Å². The first-order chi connectivity index (χ1) is 19.5. The first kappa shape index (κ1) is 28.2. The molecule has 0 heterocycles. The molecule has 0 aliphatic heterocycles. The molecule has 0 amide bonds. The lowest BCUT2D eigenvalue weighted by Gasteiger charge is -2.34. The third kappa shape index (κ3) is 5.52. The summed E-state index contributed by atoms with van der Waals surface area (Å²) in [7, 11) is 0. The van der Waals surface area contributed by atoms with Crippen molar-refractivity contribution in [3.8, 4) is 0 Å². The Morgan fingerprint density at radius 1 is 0.317 bits per heavy atom. The van der Waals surface area contributed by atoms with Gasteiger partial charge in [-0.05, 0) is 127 Å². The molecule has 0 radical (unpaired) electrons. The van der Waals surface area contributed by atoms with E-state index >= 15 is 0 Å². The maximum absolute atomic E-state index is 2.45. The topological polar surface area (TPSA) is 6.48 Å². The van der Waals surface area contributed by atoms with Crippen molar-refractivity contribution in [2.45, 2.75) is 62.3 Å². The Balaban J connectivity index is 1.80. The van der Waals surface area contributed by atoms with Crippen LogP contribution in [-0.2, 0) is 0 Å². The summed E-state index contributed by atoms with van der Waals surface area (Å²) in [6, 6.07) is 33.8. The summed E-state index contributed by atoms with van der Waals surface area (Å²) >= 11 is 0. The molecule has 0 bridgehead atoms. The van der Waals surface area contributed by atoms with Crippen molar-refractivity contribution in [3.63, 3.8) is 0 Å². The molecular formula is C39H42N2. The van der Waals surface area contributed by atoms with Crippen LogP contribution in [0.4, 0.5) is 34.1 Å². The highest BCUT2D eigenvalue weighted by Gasteiger charge is 2.24. The van der Waals surface area contributed by atoms with Crippen LogP contribution in [0.2, 0.25) is 0 Å². The van der Waals surface area contributed by atoms with Gasteiger partial charge in [-0.1, -0.05) is 76.9 Å². The van der Waals surface area contributed by atoms with E-state index in [-0.39, 0.29) is 0 Å². The molecule has 2 nitrogen and oxygen atoms in total. The Hall–Kier alpha value is -4.30. The zero-order valence-corrected chi connectivity index (χ0v) is 26.1. The van der Waals surface area contributed by atoms with Crippen LogP contribution in [-0.4, -0.2) is 0 Å². The van der Waals surface area contributed by atoms with Crippen LogP contribution >= 0.6 is 0 Å². The molecule has 0 aliphatic carbocycles. The summed E-state index contributed by atoms with van der Waals surface area (Å²) < 4.78 is 0. The fourth-order valence-electron chi connectivity index (χ4n) is 6.10. The second-order valence-electron chi connectivity index (χ2n) is 11.8. The SMILES string of the molecule is Cc1ccc(N(c2ccc(C)cc2C)c2cccc(N(c3ccc(C)cc3C)c3ccc(C)cc3C)c2C)c(C)c1. The number of aryl methyl sites for hydroxylation is 8. The van der Waals surface area contributed by atoms with E-state index in [1.54, 1.807) is 0 Å². The van der Waals surface area contributed by atoms with Crippen LogP contribution in [0.3, 0.4) is 0 Å². The predicted octanol–water partition coefficient (Wildman–Crippen LogP) is 11.4. The Bertz CT molecular complexity index is 1520. The summed E-state index contributed by atoms with van der Waals surface area (Å²) in [4.78, 5) is 4.90. The number of rotatable bonds is 6. The molecule has 2 heteroatoms. The Kier molecular flexibility index (Phi) is 7.78. The van der Waals surface area contributed by atoms with E-state index in [1.165, 1.54) is 84.2 Å². The lowest BCUT2D eigenvalue weighted by atomic mass is 10.0. The zero-order valence-electron chi connectivity index (χ0n) is 26.1. The van der Waals surface area contributed by atoms with Crippen molar-refractivity contribution in [3.05, 3.63) is 141 Å². The minimum Gasteiger partial charge on any atom is -0.310 e. The van der Waals surface area contributed by atoms with E-state index in [2.05, 4.69) is 163 Å². The van der Waals surface area contributed by atoms with E-state index in [4.69, 9.17) is 0 Å². The average Bonchev–Trinajstić information content (AvgIpc) is 2.90. The number of hydrogen-bond acceptors (Lipinski definition) is 2. The summed E-state index contributed by atoms with van der Waals surface area (Å²) in [6.45, 7) is 19.8. The lowest BCUT2D eigenvalue weighted by molar-refractivity contribution is 1.16. The smallest absolute Gasteiger partial charge is 0.0511 e. The third-order valence-electron chi connectivity index (χ3n) is 8.13.